The molecule has 2 heterocycles. The zero-order chi connectivity index (χ0) is 13.3. The molecule has 0 fully saturated rings. The number of nitro groups is 1. The van der Waals surface area contributed by atoms with E-state index in [1.54, 1.807) is 16.0 Å². The highest BCUT2D eigenvalue weighted by atomic mass is 32.1. The number of thiazole rings is 1. The predicted octanol–water partition coefficient (Wildman–Crippen LogP) is 2.09. The molecular weight excluding hydrogens is 252 g/mol. The lowest BCUT2D eigenvalue weighted by Gasteiger charge is -2.18. The van der Waals surface area contributed by atoms with Gasteiger partial charge in [-0.2, -0.15) is 9.38 Å². The summed E-state index contributed by atoms with van der Waals surface area (Å²) in [6.07, 6.45) is 2.26. The van der Waals surface area contributed by atoms with E-state index in [4.69, 9.17) is 0 Å². The standard InChI is InChI=1S/C11H16N4O2S/c1-7(2)8(12-3)6-9-10(15(16)17)14-4-5-18-11(14)13-9/h4-5,7-8,12H,6H2,1-3H3. The third-order valence-corrected chi connectivity index (χ3v) is 3.82. The molecule has 1 atom stereocenters. The molecule has 0 amide bonds. The van der Waals surface area contributed by atoms with Crippen molar-refractivity contribution in [1.82, 2.24) is 14.7 Å². The van der Waals surface area contributed by atoms with Gasteiger partial charge in [-0.05, 0) is 17.9 Å². The topological polar surface area (TPSA) is 72.5 Å². The Bertz CT molecular complexity index is 560. The third kappa shape index (κ3) is 2.23. The van der Waals surface area contributed by atoms with Crippen LogP contribution in [0.25, 0.3) is 4.96 Å². The maximum Gasteiger partial charge on any atom is 0.351 e. The van der Waals surface area contributed by atoms with Crippen molar-refractivity contribution in [2.24, 2.45) is 5.92 Å². The largest absolute Gasteiger partial charge is 0.358 e. The molecule has 2 aromatic heterocycles. The fourth-order valence-corrected chi connectivity index (χ4v) is 2.76. The molecule has 18 heavy (non-hydrogen) atoms. The average molecular weight is 268 g/mol. The summed E-state index contributed by atoms with van der Waals surface area (Å²) in [6.45, 7) is 4.18. The van der Waals surface area contributed by atoms with Gasteiger partial charge in [0.05, 0.1) is 0 Å². The van der Waals surface area contributed by atoms with Crippen LogP contribution in [0.3, 0.4) is 0 Å². The minimum absolute atomic E-state index is 0.0900. The number of hydrogen-bond acceptors (Lipinski definition) is 5. The lowest BCUT2D eigenvalue weighted by Crippen LogP contribution is -2.33. The van der Waals surface area contributed by atoms with Crippen molar-refractivity contribution < 1.29 is 4.92 Å². The summed E-state index contributed by atoms with van der Waals surface area (Å²) in [4.78, 5) is 15.9. The van der Waals surface area contributed by atoms with Crippen LogP contribution in [0.15, 0.2) is 11.6 Å². The van der Waals surface area contributed by atoms with Crippen LogP contribution < -0.4 is 5.32 Å². The van der Waals surface area contributed by atoms with Crippen molar-refractivity contribution in [3.05, 3.63) is 27.4 Å². The summed E-state index contributed by atoms with van der Waals surface area (Å²) in [7, 11) is 1.87. The van der Waals surface area contributed by atoms with Crippen LogP contribution in [0.4, 0.5) is 5.82 Å². The van der Waals surface area contributed by atoms with Crippen molar-refractivity contribution >= 4 is 22.1 Å². The van der Waals surface area contributed by atoms with E-state index in [1.165, 1.54) is 11.3 Å². The quantitative estimate of drug-likeness (QED) is 0.665. The molecule has 0 saturated heterocycles. The van der Waals surface area contributed by atoms with Crippen LogP contribution in [0, 0.1) is 16.0 Å². The highest BCUT2D eigenvalue weighted by molar-refractivity contribution is 7.15. The predicted molar refractivity (Wildman–Crippen MR) is 71.1 cm³/mol. The number of nitrogens with one attached hydrogen (secondary N) is 1. The lowest BCUT2D eigenvalue weighted by molar-refractivity contribution is -0.391. The average Bonchev–Trinajstić information content (AvgIpc) is 2.83. The second-order valence-electron chi connectivity index (χ2n) is 4.54. The summed E-state index contributed by atoms with van der Waals surface area (Å²) in [5, 5.41) is 16.2. The number of aromatic nitrogens is 2. The molecule has 0 aliphatic carbocycles. The van der Waals surface area contributed by atoms with Crippen LogP contribution in [0.5, 0.6) is 0 Å². The fourth-order valence-electron chi connectivity index (χ4n) is 2.03. The number of fused-ring (bicyclic) bond motifs is 1. The zero-order valence-corrected chi connectivity index (χ0v) is 11.4. The molecule has 0 aliphatic rings. The maximum atomic E-state index is 11.2. The van der Waals surface area contributed by atoms with E-state index in [0.717, 1.165) is 0 Å². The Hall–Kier alpha value is -1.47. The first-order valence-corrected chi connectivity index (χ1v) is 6.68. The van der Waals surface area contributed by atoms with Crippen molar-refractivity contribution in [3.63, 3.8) is 0 Å². The smallest absolute Gasteiger partial charge is 0.351 e. The molecule has 0 bridgehead atoms. The van der Waals surface area contributed by atoms with Gasteiger partial charge in [0.2, 0.25) is 0 Å². The molecule has 0 spiro atoms. The van der Waals surface area contributed by atoms with E-state index in [-0.39, 0.29) is 16.8 Å². The van der Waals surface area contributed by atoms with Crippen LogP contribution in [-0.4, -0.2) is 27.4 Å². The van der Waals surface area contributed by atoms with Crippen molar-refractivity contribution in [2.45, 2.75) is 26.3 Å². The van der Waals surface area contributed by atoms with Crippen LogP contribution in [0.2, 0.25) is 0 Å². The van der Waals surface area contributed by atoms with E-state index >= 15 is 0 Å². The summed E-state index contributed by atoms with van der Waals surface area (Å²) < 4.78 is 1.55. The number of hydrogen-bond donors (Lipinski definition) is 1. The van der Waals surface area contributed by atoms with Gasteiger partial charge in [-0.3, -0.25) is 0 Å². The Balaban J connectivity index is 2.40. The first-order valence-electron chi connectivity index (χ1n) is 5.80. The molecule has 1 unspecified atom stereocenters. The Morgan fingerprint density at radius 3 is 2.89 bits per heavy atom. The summed E-state index contributed by atoms with van der Waals surface area (Å²) in [6, 6.07) is 0.188. The maximum absolute atomic E-state index is 11.2. The van der Waals surface area contributed by atoms with E-state index in [1.807, 2.05) is 7.05 Å². The molecule has 0 aromatic carbocycles. The van der Waals surface area contributed by atoms with Gasteiger partial charge in [-0.1, -0.05) is 25.2 Å². The SMILES string of the molecule is CNC(Cc1nc2sccn2c1[N+](=O)[O-])C(C)C. The molecule has 2 rings (SSSR count). The van der Waals surface area contributed by atoms with Crippen LogP contribution in [-0.2, 0) is 6.42 Å². The molecule has 98 valence electrons. The monoisotopic (exact) mass is 268 g/mol. The first-order chi connectivity index (χ1) is 8.54. The number of imidazole rings is 1. The highest BCUT2D eigenvalue weighted by Gasteiger charge is 2.26. The second-order valence-corrected chi connectivity index (χ2v) is 5.41. The molecule has 0 radical (unpaired) electrons. The van der Waals surface area contributed by atoms with Crippen molar-refractivity contribution in [3.8, 4) is 0 Å². The Morgan fingerprint density at radius 2 is 2.33 bits per heavy atom. The van der Waals surface area contributed by atoms with Gasteiger partial charge in [-0.15, -0.1) is 0 Å². The van der Waals surface area contributed by atoms with Gasteiger partial charge < -0.3 is 15.4 Å². The van der Waals surface area contributed by atoms with E-state index in [2.05, 4.69) is 24.1 Å². The molecule has 7 heteroatoms. The molecule has 2 aromatic rings. The van der Waals surface area contributed by atoms with E-state index < -0.39 is 0 Å². The molecular formula is C11H16N4O2S. The minimum Gasteiger partial charge on any atom is -0.358 e. The molecule has 6 nitrogen and oxygen atoms in total. The van der Waals surface area contributed by atoms with Gasteiger partial charge >= 0.3 is 5.82 Å². The normalized spacial score (nSPS) is 13.3. The molecule has 0 aliphatic heterocycles. The van der Waals surface area contributed by atoms with Crippen molar-refractivity contribution in [2.75, 3.05) is 7.05 Å². The third-order valence-electron chi connectivity index (χ3n) is 3.07. The summed E-state index contributed by atoms with van der Waals surface area (Å²) in [5.41, 5.74) is 0.555. The van der Waals surface area contributed by atoms with Gasteiger partial charge in [-0.25, -0.2) is 0 Å². The van der Waals surface area contributed by atoms with Gasteiger partial charge in [0.1, 0.15) is 11.9 Å². The molecule has 1 N–H and O–H groups in total. The summed E-state index contributed by atoms with van der Waals surface area (Å²) >= 11 is 1.41. The number of rotatable bonds is 5. The summed E-state index contributed by atoms with van der Waals surface area (Å²) in [5.74, 6) is 0.487. The fraction of sp³-hybridized carbons (Fsp3) is 0.545. The van der Waals surface area contributed by atoms with E-state index in [9.17, 15) is 10.1 Å². The Morgan fingerprint density at radius 1 is 1.61 bits per heavy atom. The van der Waals surface area contributed by atoms with Crippen LogP contribution in [0.1, 0.15) is 19.5 Å². The van der Waals surface area contributed by atoms with Gasteiger partial charge in [0, 0.05) is 17.8 Å². The van der Waals surface area contributed by atoms with Gasteiger partial charge in [0.15, 0.2) is 0 Å². The van der Waals surface area contributed by atoms with Crippen molar-refractivity contribution in [1.29, 1.82) is 0 Å². The zero-order valence-electron chi connectivity index (χ0n) is 10.6. The lowest BCUT2D eigenvalue weighted by atomic mass is 9.99. The Kier molecular flexibility index (Phi) is 3.63. The highest BCUT2D eigenvalue weighted by Crippen LogP contribution is 2.25. The number of likely N-dealkylation sites (N-methyl/N-ethyl adjacent to an activating group) is 1. The molecule has 0 saturated carbocycles. The van der Waals surface area contributed by atoms with E-state index in [0.29, 0.717) is 23.0 Å². The number of nitrogens with zero attached hydrogens (tertiary/aromatic N) is 3. The Labute approximate surface area is 109 Å². The van der Waals surface area contributed by atoms with Gasteiger partial charge in [0.25, 0.3) is 4.96 Å². The second kappa shape index (κ2) is 5.03. The van der Waals surface area contributed by atoms with Crippen LogP contribution >= 0.6 is 11.3 Å². The minimum atomic E-state index is -0.352. The first kappa shape index (κ1) is 13.0.